The zero-order valence-electron chi connectivity index (χ0n) is 15.0. The van der Waals surface area contributed by atoms with E-state index < -0.39 is 0 Å². The molecular formula is C21H24ClNO3. The van der Waals surface area contributed by atoms with Crippen LogP contribution in [0.3, 0.4) is 0 Å². The minimum atomic E-state index is 0.0293. The largest absolute Gasteiger partial charge is 0.497 e. The first kappa shape index (κ1) is 18.6. The summed E-state index contributed by atoms with van der Waals surface area (Å²) in [5.41, 5.74) is 1.24. The number of carbonyl (C=O) groups excluding carboxylic acids is 1. The lowest BCUT2D eigenvalue weighted by Crippen LogP contribution is -2.37. The Bertz CT molecular complexity index is 715. The monoisotopic (exact) mass is 373 g/mol. The van der Waals surface area contributed by atoms with E-state index in [1.807, 2.05) is 41.3 Å². The SMILES string of the molecule is COc1ccc(OCC(=O)N2CCCCC(c3ccc(Cl)cc3)C2)cc1. The van der Waals surface area contributed by atoms with Crippen LogP contribution in [-0.2, 0) is 4.79 Å². The summed E-state index contributed by atoms with van der Waals surface area (Å²) in [7, 11) is 1.62. The Balaban J connectivity index is 1.59. The number of nitrogens with zero attached hydrogens (tertiary/aromatic N) is 1. The van der Waals surface area contributed by atoms with Crippen LogP contribution in [0, 0.1) is 0 Å². The smallest absolute Gasteiger partial charge is 0.260 e. The van der Waals surface area contributed by atoms with E-state index in [-0.39, 0.29) is 12.5 Å². The Morgan fingerprint density at radius 3 is 2.46 bits per heavy atom. The number of carbonyl (C=O) groups is 1. The molecule has 2 aromatic carbocycles. The molecule has 1 aliphatic rings. The molecule has 138 valence electrons. The van der Waals surface area contributed by atoms with Gasteiger partial charge in [0.1, 0.15) is 11.5 Å². The van der Waals surface area contributed by atoms with E-state index in [4.69, 9.17) is 21.1 Å². The van der Waals surface area contributed by atoms with Crippen molar-refractivity contribution in [2.45, 2.75) is 25.2 Å². The fourth-order valence-corrected chi connectivity index (χ4v) is 3.41. The van der Waals surface area contributed by atoms with Gasteiger partial charge in [0.25, 0.3) is 5.91 Å². The average Bonchev–Trinajstić information content (AvgIpc) is 2.93. The Kier molecular flexibility index (Phi) is 6.40. The van der Waals surface area contributed by atoms with Crippen LogP contribution < -0.4 is 9.47 Å². The van der Waals surface area contributed by atoms with Crippen molar-refractivity contribution in [2.24, 2.45) is 0 Å². The summed E-state index contributed by atoms with van der Waals surface area (Å²) >= 11 is 5.99. The minimum Gasteiger partial charge on any atom is -0.497 e. The van der Waals surface area contributed by atoms with Crippen molar-refractivity contribution in [3.8, 4) is 11.5 Å². The lowest BCUT2D eigenvalue weighted by Gasteiger charge is -2.25. The van der Waals surface area contributed by atoms with E-state index in [2.05, 4.69) is 12.1 Å². The topological polar surface area (TPSA) is 38.8 Å². The average molecular weight is 374 g/mol. The normalized spacial score (nSPS) is 17.5. The summed E-state index contributed by atoms with van der Waals surface area (Å²) in [6, 6.07) is 15.2. The predicted molar refractivity (Wildman–Crippen MR) is 103 cm³/mol. The van der Waals surface area contributed by atoms with Crippen LogP contribution in [0.2, 0.25) is 5.02 Å². The van der Waals surface area contributed by atoms with Gasteiger partial charge >= 0.3 is 0 Å². The maximum atomic E-state index is 12.6. The summed E-state index contributed by atoms with van der Waals surface area (Å²) in [5.74, 6) is 1.81. The van der Waals surface area contributed by atoms with Gasteiger partial charge in [-0.25, -0.2) is 0 Å². The molecule has 1 unspecified atom stereocenters. The van der Waals surface area contributed by atoms with Gasteiger partial charge in [0, 0.05) is 24.0 Å². The van der Waals surface area contributed by atoms with Crippen molar-refractivity contribution < 1.29 is 14.3 Å². The van der Waals surface area contributed by atoms with E-state index in [1.54, 1.807) is 7.11 Å². The van der Waals surface area contributed by atoms with Crippen LogP contribution in [0.1, 0.15) is 30.7 Å². The van der Waals surface area contributed by atoms with Crippen LogP contribution in [0.4, 0.5) is 0 Å². The van der Waals surface area contributed by atoms with Gasteiger partial charge in [-0.3, -0.25) is 4.79 Å². The van der Waals surface area contributed by atoms with E-state index in [0.29, 0.717) is 11.7 Å². The third kappa shape index (κ3) is 4.92. The highest BCUT2D eigenvalue weighted by Gasteiger charge is 2.23. The molecular weight excluding hydrogens is 350 g/mol. The zero-order chi connectivity index (χ0) is 18.4. The highest BCUT2D eigenvalue weighted by atomic mass is 35.5. The van der Waals surface area contributed by atoms with Crippen LogP contribution in [0.5, 0.6) is 11.5 Å². The molecule has 26 heavy (non-hydrogen) atoms. The van der Waals surface area contributed by atoms with Gasteiger partial charge in [0.05, 0.1) is 7.11 Å². The van der Waals surface area contributed by atoms with Gasteiger partial charge in [0.15, 0.2) is 6.61 Å². The first-order chi connectivity index (χ1) is 12.7. The maximum Gasteiger partial charge on any atom is 0.260 e. The lowest BCUT2D eigenvalue weighted by atomic mass is 9.94. The van der Waals surface area contributed by atoms with Gasteiger partial charge in [-0.1, -0.05) is 30.2 Å². The molecule has 0 radical (unpaired) electrons. The molecule has 4 nitrogen and oxygen atoms in total. The first-order valence-corrected chi connectivity index (χ1v) is 9.33. The lowest BCUT2D eigenvalue weighted by molar-refractivity contribution is -0.133. The van der Waals surface area contributed by atoms with Crippen molar-refractivity contribution in [3.63, 3.8) is 0 Å². The second-order valence-corrected chi connectivity index (χ2v) is 6.98. The van der Waals surface area contributed by atoms with Gasteiger partial charge in [0.2, 0.25) is 0 Å². The molecule has 0 N–H and O–H groups in total. The van der Waals surface area contributed by atoms with Crippen molar-refractivity contribution in [3.05, 3.63) is 59.1 Å². The number of ether oxygens (including phenoxy) is 2. The molecule has 1 fully saturated rings. The summed E-state index contributed by atoms with van der Waals surface area (Å²) in [6.45, 7) is 1.57. The van der Waals surface area contributed by atoms with Gasteiger partial charge < -0.3 is 14.4 Å². The van der Waals surface area contributed by atoms with E-state index in [0.717, 1.165) is 43.1 Å². The molecule has 0 spiro atoms. The standard InChI is InChI=1S/C21H24ClNO3/c1-25-19-9-11-20(12-10-19)26-15-21(24)23-13-3-2-4-17(14-23)16-5-7-18(22)8-6-16/h5-12,17H,2-4,13-15H2,1H3. The predicted octanol–water partition coefficient (Wildman–Crippen LogP) is 4.52. The van der Waals surface area contributed by atoms with Crippen molar-refractivity contribution in [1.82, 2.24) is 4.90 Å². The van der Waals surface area contributed by atoms with Crippen molar-refractivity contribution >= 4 is 17.5 Å². The number of halogens is 1. The summed E-state index contributed by atoms with van der Waals surface area (Å²) < 4.78 is 10.8. The molecule has 2 aromatic rings. The number of amides is 1. The molecule has 1 heterocycles. The Morgan fingerprint density at radius 2 is 1.77 bits per heavy atom. The molecule has 0 bridgehead atoms. The number of methoxy groups -OCH3 is 1. The van der Waals surface area contributed by atoms with Crippen LogP contribution in [0.25, 0.3) is 0 Å². The number of hydrogen-bond acceptors (Lipinski definition) is 3. The zero-order valence-corrected chi connectivity index (χ0v) is 15.7. The van der Waals surface area contributed by atoms with E-state index >= 15 is 0 Å². The molecule has 5 heteroatoms. The molecule has 3 rings (SSSR count). The van der Waals surface area contributed by atoms with Gasteiger partial charge in [-0.15, -0.1) is 0 Å². The fraction of sp³-hybridized carbons (Fsp3) is 0.381. The molecule has 1 saturated heterocycles. The highest BCUT2D eigenvalue weighted by molar-refractivity contribution is 6.30. The quantitative estimate of drug-likeness (QED) is 0.773. The van der Waals surface area contributed by atoms with E-state index in [9.17, 15) is 4.79 Å². The molecule has 1 aliphatic heterocycles. The summed E-state index contributed by atoms with van der Waals surface area (Å²) in [4.78, 5) is 14.6. The maximum absolute atomic E-state index is 12.6. The molecule has 0 aromatic heterocycles. The number of benzene rings is 2. The number of likely N-dealkylation sites (tertiary alicyclic amines) is 1. The molecule has 1 atom stereocenters. The second kappa shape index (κ2) is 8.95. The van der Waals surface area contributed by atoms with Gasteiger partial charge in [-0.2, -0.15) is 0 Å². The van der Waals surface area contributed by atoms with Gasteiger partial charge in [-0.05, 0) is 54.8 Å². The fourth-order valence-electron chi connectivity index (χ4n) is 3.28. The van der Waals surface area contributed by atoms with E-state index in [1.165, 1.54) is 5.56 Å². The Labute approximate surface area is 159 Å². The van der Waals surface area contributed by atoms with Crippen LogP contribution in [-0.4, -0.2) is 37.6 Å². The van der Waals surface area contributed by atoms with Crippen LogP contribution in [0.15, 0.2) is 48.5 Å². The Hall–Kier alpha value is -2.20. The Morgan fingerprint density at radius 1 is 1.08 bits per heavy atom. The van der Waals surface area contributed by atoms with Crippen molar-refractivity contribution in [1.29, 1.82) is 0 Å². The first-order valence-electron chi connectivity index (χ1n) is 8.96. The molecule has 1 amide bonds. The number of rotatable bonds is 5. The third-order valence-electron chi connectivity index (χ3n) is 4.79. The summed E-state index contributed by atoms with van der Waals surface area (Å²) in [5, 5.41) is 0.739. The third-order valence-corrected chi connectivity index (χ3v) is 5.04. The second-order valence-electron chi connectivity index (χ2n) is 6.55. The van der Waals surface area contributed by atoms with Crippen LogP contribution >= 0.6 is 11.6 Å². The summed E-state index contributed by atoms with van der Waals surface area (Å²) in [6.07, 6.45) is 3.24. The highest BCUT2D eigenvalue weighted by Crippen LogP contribution is 2.27. The molecule has 0 saturated carbocycles. The minimum absolute atomic E-state index is 0.0293. The number of hydrogen-bond donors (Lipinski definition) is 0. The molecule has 0 aliphatic carbocycles. The van der Waals surface area contributed by atoms with Crippen molar-refractivity contribution in [2.75, 3.05) is 26.8 Å².